The van der Waals surface area contributed by atoms with Gasteiger partial charge in [-0.1, -0.05) is 6.07 Å². The third kappa shape index (κ3) is 3.22. The van der Waals surface area contributed by atoms with E-state index in [9.17, 15) is 14.0 Å². The average Bonchev–Trinajstić information content (AvgIpc) is 2.51. The lowest BCUT2D eigenvalue weighted by molar-refractivity contribution is -0.134. The van der Waals surface area contributed by atoms with Gasteiger partial charge in [0.25, 0.3) is 0 Å². The van der Waals surface area contributed by atoms with Gasteiger partial charge in [-0.15, -0.1) is 0 Å². The molecule has 0 saturated carbocycles. The summed E-state index contributed by atoms with van der Waals surface area (Å²) in [6.07, 6.45) is 0.629. The van der Waals surface area contributed by atoms with Crippen molar-refractivity contribution in [3.63, 3.8) is 0 Å². The predicted molar refractivity (Wildman–Crippen MR) is 86.0 cm³/mol. The average molecular weight is 319 g/mol. The van der Waals surface area contributed by atoms with E-state index in [1.54, 1.807) is 12.1 Å². The van der Waals surface area contributed by atoms with Gasteiger partial charge in [0.15, 0.2) is 0 Å². The fourth-order valence-corrected chi connectivity index (χ4v) is 3.34. The summed E-state index contributed by atoms with van der Waals surface area (Å²) in [6.45, 7) is 5.59. The second kappa shape index (κ2) is 6.28. The van der Waals surface area contributed by atoms with E-state index in [-0.39, 0.29) is 18.1 Å². The van der Waals surface area contributed by atoms with Crippen molar-refractivity contribution < 1.29 is 14.0 Å². The molecule has 6 heteroatoms. The van der Waals surface area contributed by atoms with Crippen molar-refractivity contribution in [3.8, 4) is 0 Å². The zero-order valence-corrected chi connectivity index (χ0v) is 13.6. The van der Waals surface area contributed by atoms with E-state index >= 15 is 0 Å². The van der Waals surface area contributed by atoms with Gasteiger partial charge in [-0.05, 0) is 32.0 Å². The van der Waals surface area contributed by atoms with Crippen molar-refractivity contribution in [2.45, 2.75) is 25.7 Å². The van der Waals surface area contributed by atoms with E-state index in [4.69, 9.17) is 0 Å². The molecule has 1 aromatic rings. The number of nitrogens with one attached hydrogen (secondary N) is 1. The van der Waals surface area contributed by atoms with Crippen molar-refractivity contribution >= 4 is 17.5 Å². The van der Waals surface area contributed by atoms with E-state index in [1.165, 1.54) is 0 Å². The summed E-state index contributed by atoms with van der Waals surface area (Å²) in [5.41, 5.74) is 2.26. The molecule has 124 valence electrons. The number of aryl methyl sites for hydroxylation is 1. The molecule has 0 aliphatic carbocycles. The van der Waals surface area contributed by atoms with Crippen LogP contribution in [0.15, 0.2) is 12.1 Å². The van der Waals surface area contributed by atoms with Gasteiger partial charge in [0.05, 0.1) is 5.92 Å². The molecule has 2 amide bonds. The summed E-state index contributed by atoms with van der Waals surface area (Å²) in [5.74, 6) is -1.61. The fraction of sp³-hybridized carbons (Fsp3) is 0.529. The number of piperidine rings is 1. The minimum Gasteiger partial charge on any atom is -0.369 e. The molecule has 2 aliphatic heterocycles. The third-order valence-corrected chi connectivity index (χ3v) is 4.77. The smallest absolute Gasteiger partial charge is 0.234 e. The van der Waals surface area contributed by atoms with Crippen LogP contribution in [0.1, 0.15) is 29.9 Å². The molecule has 5 nitrogen and oxygen atoms in total. The summed E-state index contributed by atoms with van der Waals surface area (Å²) < 4.78 is 14.6. The number of hydrogen-bond donors (Lipinski definition) is 1. The van der Waals surface area contributed by atoms with Gasteiger partial charge in [-0.25, -0.2) is 4.39 Å². The van der Waals surface area contributed by atoms with Crippen LogP contribution in [-0.4, -0.2) is 49.9 Å². The molecule has 0 bridgehead atoms. The Kier molecular flexibility index (Phi) is 4.35. The molecule has 2 saturated heterocycles. The topological polar surface area (TPSA) is 52.7 Å². The van der Waals surface area contributed by atoms with Crippen LogP contribution in [0.2, 0.25) is 0 Å². The van der Waals surface area contributed by atoms with Crippen LogP contribution in [0.3, 0.4) is 0 Å². The van der Waals surface area contributed by atoms with Gasteiger partial charge in [-0.2, -0.15) is 0 Å². The molecular weight excluding hydrogens is 297 g/mol. The quantitative estimate of drug-likeness (QED) is 0.838. The lowest BCUT2D eigenvalue weighted by Gasteiger charge is -2.35. The Balaban J connectivity index is 1.85. The van der Waals surface area contributed by atoms with Gasteiger partial charge < -0.3 is 9.80 Å². The number of rotatable bonds is 2. The Morgan fingerprint density at radius 1 is 1.17 bits per heavy atom. The Hall–Kier alpha value is -1.95. The van der Waals surface area contributed by atoms with E-state index < -0.39 is 11.8 Å². The molecule has 0 spiro atoms. The van der Waals surface area contributed by atoms with Crippen LogP contribution in [0.5, 0.6) is 0 Å². The largest absolute Gasteiger partial charge is 0.369 e. The van der Waals surface area contributed by atoms with Crippen LogP contribution in [-0.2, 0) is 9.59 Å². The maximum Gasteiger partial charge on any atom is 0.234 e. The Bertz CT molecular complexity index is 639. The second-order valence-electron chi connectivity index (χ2n) is 6.45. The van der Waals surface area contributed by atoms with E-state index in [1.807, 2.05) is 6.92 Å². The van der Waals surface area contributed by atoms with Crippen molar-refractivity contribution in [1.82, 2.24) is 10.2 Å². The highest BCUT2D eigenvalue weighted by atomic mass is 19.1. The molecule has 23 heavy (non-hydrogen) atoms. The van der Waals surface area contributed by atoms with E-state index in [0.29, 0.717) is 12.0 Å². The van der Waals surface area contributed by atoms with E-state index in [2.05, 4.69) is 22.2 Å². The molecular formula is C17H22FN3O2. The normalized spacial score (nSPS) is 23.1. The summed E-state index contributed by atoms with van der Waals surface area (Å²) >= 11 is 0. The third-order valence-electron chi connectivity index (χ3n) is 4.77. The maximum absolute atomic E-state index is 14.6. The Morgan fingerprint density at radius 2 is 1.87 bits per heavy atom. The number of likely N-dealkylation sites (N-methyl/N-ethyl adjacent to an activating group) is 1. The van der Waals surface area contributed by atoms with Crippen LogP contribution >= 0.6 is 0 Å². The zero-order valence-electron chi connectivity index (χ0n) is 13.6. The first-order valence-corrected chi connectivity index (χ1v) is 8.03. The summed E-state index contributed by atoms with van der Waals surface area (Å²) in [4.78, 5) is 27.7. The van der Waals surface area contributed by atoms with E-state index in [0.717, 1.165) is 37.4 Å². The highest BCUT2D eigenvalue weighted by molar-refractivity contribution is 6.01. The Labute approximate surface area is 135 Å². The molecule has 0 radical (unpaired) electrons. The molecule has 1 aromatic carbocycles. The molecule has 1 atom stereocenters. The summed E-state index contributed by atoms with van der Waals surface area (Å²) in [7, 11) is 2.08. The SMILES string of the molecule is Cc1cc(C2CCC(=O)NC2=O)c(F)cc1N1CCN(C)CC1. The number of nitrogens with zero attached hydrogens (tertiary/aromatic N) is 2. The number of halogens is 1. The highest BCUT2D eigenvalue weighted by Gasteiger charge is 2.30. The summed E-state index contributed by atoms with van der Waals surface area (Å²) in [5, 5.41) is 2.30. The lowest BCUT2D eigenvalue weighted by atomic mass is 9.89. The first kappa shape index (κ1) is 15.9. The fourth-order valence-electron chi connectivity index (χ4n) is 3.34. The van der Waals surface area contributed by atoms with Crippen molar-refractivity contribution in [2.75, 3.05) is 38.1 Å². The number of imide groups is 1. The number of benzene rings is 1. The van der Waals surface area contributed by atoms with Gasteiger partial charge in [0, 0.05) is 43.9 Å². The number of anilines is 1. The number of piperazine rings is 1. The van der Waals surface area contributed by atoms with Crippen LogP contribution in [0.25, 0.3) is 0 Å². The van der Waals surface area contributed by atoms with Crippen LogP contribution < -0.4 is 10.2 Å². The minimum atomic E-state index is -0.576. The highest BCUT2D eigenvalue weighted by Crippen LogP contribution is 2.32. The first-order valence-electron chi connectivity index (χ1n) is 8.03. The van der Waals surface area contributed by atoms with Gasteiger partial charge in [0.2, 0.25) is 11.8 Å². The van der Waals surface area contributed by atoms with Gasteiger partial charge in [-0.3, -0.25) is 14.9 Å². The number of carbonyl (C=O) groups is 2. The van der Waals surface area contributed by atoms with Crippen molar-refractivity contribution in [3.05, 3.63) is 29.1 Å². The molecule has 1 unspecified atom stereocenters. The summed E-state index contributed by atoms with van der Waals surface area (Å²) in [6, 6.07) is 3.31. The number of amides is 2. The standard InChI is InChI=1S/C17H22FN3O2/c1-11-9-13(12-3-4-16(22)19-17(12)23)14(18)10-15(11)21-7-5-20(2)6-8-21/h9-10,12H,3-8H2,1-2H3,(H,19,22,23). The van der Waals surface area contributed by atoms with Gasteiger partial charge in [0.1, 0.15) is 5.82 Å². The van der Waals surface area contributed by atoms with Crippen molar-refractivity contribution in [1.29, 1.82) is 0 Å². The lowest BCUT2D eigenvalue weighted by Crippen LogP contribution is -2.44. The zero-order chi connectivity index (χ0) is 16.6. The van der Waals surface area contributed by atoms with Crippen LogP contribution in [0.4, 0.5) is 10.1 Å². The Morgan fingerprint density at radius 3 is 2.52 bits per heavy atom. The monoisotopic (exact) mass is 319 g/mol. The first-order chi connectivity index (χ1) is 11.0. The predicted octanol–water partition coefficient (Wildman–Crippen LogP) is 1.41. The maximum atomic E-state index is 14.6. The number of carbonyl (C=O) groups excluding carboxylic acids is 2. The molecule has 0 aromatic heterocycles. The van der Waals surface area contributed by atoms with Crippen LogP contribution in [0, 0.1) is 12.7 Å². The number of hydrogen-bond acceptors (Lipinski definition) is 4. The second-order valence-corrected chi connectivity index (χ2v) is 6.45. The molecule has 2 fully saturated rings. The van der Waals surface area contributed by atoms with Gasteiger partial charge >= 0.3 is 0 Å². The molecule has 2 heterocycles. The van der Waals surface area contributed by atoms with Crippen molar-refractivity contribution in [2.24, 2.45) is 0 Å². The molecule has 2 aliphatic rings. The molecule has 3 rings (SSSR count). The minimum absolute atomic E-state index is 0.259. The molecule has 1 N–H and O–H groups in total.